The molecule has 0 amide bonds. The number of aliphatic hydroxyl groups excluding tert-OH is 1. The lowest BCUT2D eigenvalue weighted by molar-refractivity contribution is -0.384. The van der Waals surface area contributed by atoms with Gasteiger partial charge in [-0.25, -0.2) is 4.39 Å². The lowest BCUT2D eigenvalue weighted by Gasteiger charge is -2.36. The molecule has 1 fully saturated rings. The van der Waals surface area contributed by atoms with E-state index in [2.05, 4.69) is 0 Å². The van der Waals surface area contributed by atoms with Gasteiger partial charge in [-0.15, -0.1) is 0 Å². The third-order valence-electron chi connectivity index (χ3n) is 4.91. The van der Waals surface area contributed by atoms with Crippen molar-refractivity contribution in [2.24, 2.45) is 0 Å². The maximum Gasteiger partial charge on any atom is 0.416 e. The summed E-state index contributed by atoms with van der Waals surface area (Å²) in [6.07, 6.45) is -5.69. The molecule has 0 radical (unpaired) electrons. The van der Waals surface area contributed by atoms with Gasteiger partial charge in [0, 0.05) is 44.4 Å². The molecule has 0 aliphatic carbocycles. The lowest BCUT2D eigenvalue weighted by atomic mass is 10.1. The average molecular weight is 413 g/mol. The van der Waals surface area contributed by atoms with E-state index < -0.39 is 34.3 Å². The van der Waals surface area contributed by atoms with Crippen LogP contribution >= 0.6 is 0 Å². The first-order chi connectivity index (χ1) is 13.7. The van der Waals surface area contributed by atoms with Crippen LogP contribution < -0.4 is 4.90 Å². The van der Waals surface area contributed by atoms with Crippen LogP contribution in [0.5, 0.6) is 0 Å². The van der Waals surface area contributed by atoms with Gasteiger partial charge in [-0.3, -0.25) is 15.0 Å². The number of hydrogen-bond acceptors (Lipinski definition) is 5. The third kappa shape index (κ3) is 4.83. The monoisotopic (exact) mass is 413 g/mol. The Morgan fingerprint density at radius 1 is 1.10 bits per heavy atom. The van der Waals surface area contributed by atoms with E-state index in [1.807, 2.05) is 4.90 Å². The molecule has 1 atom stereocenters. The Balaban J connectivity index is 1.68. The molecule has 1 heterocycles. The van der Waals surface area contributed by atoms with Crippen molar-refractivity contribution < 1.29 is 27.6 Å². The zero-order chi connectivity index (χ0) is 21.2. The summed E-state index contributed by atoms with van der Waals surface area (Å²) in [6.45, 7) is 1.68. The van der Waals surface area contributed by atoms with E-state index in [4.69, 9.17) is 0 Å². The molecule has 1 unspecified atom stereocenters. The molecule has 0 spiro atoms. The highest BCUT2D eigenvalue weighted by Gasteiger charge is 2.34. The number of halogens is 4. The van der Waals surface area contributed by atoms with Gasteiger partial charge in [0.1, 0.15) is 11.5 Å². The molecule has 0 aromatic heterocycles. The van der Waals surface area contributed by atoms with Crippen molar-refractivity contribution in [3.05, 3.63) is 69.5 Å². The smallest absolute Gasteiger partial charge is 0.387 e. The van der Waals surface area contributed by atoms with E-state index >= 15 is 0 Å². The Hall–Kier alpha value is -2.72. The minimum atomic E-state index is -4.66. The number of aliphatic hydroxyl groups is 1. The van der Waals surface area contributed by atoms with Gasteiger partial charge in [0.15, 0.2) is 0 Å². The fraction of sp³-hybridized carbons (Fsp3) is 0.368. The van der Waals surface area contributed by atoms with E-state index in [1.54, 1.807) is 11.0 Å². The Labute approximate surface area is 164 Å². The largest absolute Gasteiger partial charge is 0.416 e. The average Bonchev–Trinajstić information content (AvgIpc) is 2.67. The summed E-state index contributed by atoms with van der Waals surface area (Å²) in [7, 11) is 0. The van der Waals surface area contributed by atoms with Crippen molar-refractivity contribution in [2.45, 2.75) is 12.3 Å². The topological polar surface area (TPSA) is 69.9 Å². The number of benzene rings is 2. The summed E-state index contributed by atoms with van der Waals surface area (Å²) in [5.74, 6) is -0.501. The Morgan fingerprint density at radius 3 is 2.34 bits per heavy atom. The molecule has 29 heavy (non-hydrogen) atoms. The predicted octanol–water partition coefficient (Wildman–Crippen LogP) is 3.61. The van der Waals surface area contributed by atoms with Gasteiger partial charge < -0.3 is 10.0 Å². The summed E-state index contributed by atoms with van der Waals surface area (Å²) in [6, 6.07) is 8.41. The normalized spacial score (nSPS) is 16.7. The maximum atomic E-state index is 13.8. The maximum absolute atomic E-state index is 13.8. The summed E-state index contributed by atoms with van der Waals surface area (Å²) in [5.41, 5.74) is -1.36. The van der Waals surface area contributed by atoms with Crippen LogP contribution in [0.3, 0.4) is 0 Å². The van der Waals surface area contributed by atoms with Crippen LogP contribution in [-0.4, -0.2) is 47.7 Å². The summed E-state index contributed by atoms with van der Waals surface area (Å²) >= 11 is 0. The number of alkyl halides is 3. The fourth-order valence-electron chi connectivity index (χ4n) is 3.37. The van der Waals surface area contributed by atoms with Crippen LogP contribution in [0, 0.1) is 15.9 Å². The minimum Gasteiger partial charge on any atom is -0.387 e. The van der Waals surface area contributed by atoms with Gasteiger partial charge in [0.25, 0.3) is 5.69 Å². The van der Waals surface area contributed by atoms with Crippen molar-refractivity contribution in [3.8, 4) is 0 Å². The van der Waals surface area contributed by atoms with Crippen molar-refractivity contribution in [3.63, 3.8) is 0 Å². The van der Waals surface area contributed by atoms with Crippen molar-refractivity contribution in [2.75, 3.05) is 37.6 Å². The third-order valence-corrected chi connectivity index (χ3v) is 4.91. The van der Waals surface area contributed by atoms with Crippen LogP contribution in [0.25, 0.3) is 0 Å². The fourth-order valence-corrected chi connectivity index (χ4v) is 3.37. The molecule has 1 aliphatic rings. The van der Waals surface area contributed by atoms with E-state index in [9.17, 15) is 32.8 Å². The second kappa shape index (κ2) is 8.34. The molecule has 156 valence electrons. The number of nitro benzene ring substituents is 1. The minimum absolute atomic E-state index is 0.123. The van der Waals surface area contributed by atoms with Gasteiger partial charge in [0.2, 0.25) is 0 Å². The first kappa shape index (κ1) is 21.0. The number of anilines is 1. The Kier molecular flexibility index (Phi) is 6.04. The molecular weight excluding hydrogens is 394 g/mol. The van der Waals surface area contributed by atoms with Crippen molar-refractivity contribution in [1.82, 2.24) is 4.90 Å². The molecule has 0 saturated carbocycles. The molecule has 6 nitrogen and oxygen atoms in total. The molecule has 3 rings (SSSR count). The van der Waals surface area contributed by atoms with Crippen LogP contribution in [0.15, 0.2) is 42.5 Å². The number of hydrogen-bond donors (Lipinski definition) is 1. The van der Waals surface area contributed by atoms with Gasteiger partial charge in [-0.1, -0.05) is 18.2 Å². The molecule has 0 bridgehead atoms. The highest BCUT2D eigenvalue weighted by atomic mass is 19.4. The second-order valence-corrected chi connectivity index (χ2v) is 6.78. The molecule has 2 aromatic carbocycles. The summed E-state index contributed by atoms with van der Waals surface area (Å²) in [4.78, 5) is 14.0. The van der Waals surface area contributed by atoms with Gasteiger partial charge in [-0.05, 0) is 18.2 Å². The first-order valence-corrected chi connectivity index (χ1v) is 8.92. The molecule has 1 saturated heterocycles. The SMILES string of the molecule is O=[N+]([O-])c1cc(C(F)(F)F)ccc1N1CCN(CC(O)c2ccccc2F)CC1. The van der Waals surface area contributed by atoms with Crippen LogP contribution in [0.2, 0.25) is 0 Å². The number of piperazine rings is 1. The second-order valence-electron chi connectivity index (χ2n) is 6.78. The van der Waals surface area contributed by atoms with E-state index in [1.165, 1.54) is 18.2 Å². The molecular formula is C19H19F4N3O3. The molecule has 1 aliphatic heterocycles. The molecule has 2 aromatic rings. The molecule has 10 heteroatoms. The Bertz CT molecular complexity index is 883. The first-order valence-electron chi connectivity index (χ1n) is 8.92. The zero-order valence-electron chi connectivity index (χ0n) is 15.3. The lowest BCUT2D eigenvalue weighted by Crippen LogP contribution is -2.47. The number of β-amino-alcohol motifs (C(OH)–C–C–N with tert-alkyl or cyclic N) is 1. The van der Waals surface area contributed by atoms with Crippen LogP contribution in [-0.2, 0) is 6.18 Å². The number of nitro groups is 1. The van der Waals surface area contributed by atoms with E-state index in [0.717, 1.165) is 12.1 Å². The van der Waals surface area contributed by atoms with Gasteiger partial charge in [0.05, 0.1) is 16.6 Å². The number of nitrogens with zero attached hydrogens (tertiary/aromatic N) is 3. The standard InChI is InChI=1S/C19H19F4N3O3/c20-15-4-2-1-3-14(15)18(27)12-24-7-9-25(10-8-24)16-6-5-13(19(21,22)23)11-17(16)26(28)29/h1-6,11,18,27H,7-10,12H2. The van der Waals surface area contributed by atoms with Crippen LogP contribution in [0.4, 0.5) is 28.9 Å². The van der Waals surface area contributed by atoms with Crippen molar-refractivity contribution >= 4 is 11.4 Å². The highest BCUT2D eigenvalue weighted by molar-refractivity contribution is 5.65. The van der Waals surface area contributed by atoms with Gasteiger partial charge in [-0.2, -0.15) is 13.2 Å². The van der Waals surface area contributed by atoms with E-state index in [0.29, 0.717) is 32.2 Å². The van der Waals surface area contributed by atoms with Crippen LogP contribution in [0.1, 0.15) is 17.2 Å². The zero-order valence-corrected chi connectivity index (χ0v) is 15.3. The highest BCUT2D eigenvalue weighted by Crippen LogP contribution is 2.36. The van der Waals surface area contributed by atoms with Crippen molar-refractivity contribution in [1.29, 1.82) is 0 Å². The Morgan fingerprint density at radius 2 is 1.76 bits per heavy atom. The van der Waals surface area contributed by atoms with Gasteiger partial charge >= 0.3 is 6.18 Å². The van der Waals surface area contributed by atoms with E-state index in [-0.39, 0.29) is 17.8 Å². The summed E-state index contributed by atoms with van der Waals surface area (Å²) in [5, 5.41) is 21.5. The predicted molar refractivity (Wildman–Crippen MR) is 98.1 cm³/mol. The number of rotatable bonds is 5. The summed E-state index contributed by atoms with van der Waals surface area (Å²) < 4.78 is 52.3. The molecule has 1 N–H and O–H groups in total. The quantitative estimate of drug-likeness (QED) is 0.461.